The van der Waals surface area contributed by atoms with Gasteiger partial charge in [0, 0.05) is 17.1 Å². The van der Waals surface area contributed by atoms with Gasteiger partial charge in [-0.05, 0) is 42.5 Å². The van der Waals surface area contributed by atoms with E-state index in [-0.39, 0.29) is 0 Å². The maximum absolute atomic E-state index is 14.4. The van der Waals surface area contributed by atoms with Crippen LogP contribution in [0.4, 0.5) is 8.78 Å². The van der Waals surface area contributed by atoms with Gasteiger partial charge in [0.15, 0.2) is 11.6 Å². The maximum atomic E-state index is 14.4. The normalized spacial score (nSPS) is 16.1. The lowest BCUT2D eigenvalue weighted by Crippen LogP contribution is -2.06. The van der Waals surface area contributed by atoms with Crippen molar-refractivity contribution in [3.63, 3.8) is 0 Å². The lowest BCUT2D eigenvalue weighted by molar-refractivity contribution is 0.446. The van der Waals surface area contributed by atoms with Crippen LogP contribution >= 0.6 is 0 Å². The number of rotatable bonds is 2. The maximum Gasteiger partial charge on any atom is 0.168 e. The number of halogens is 2. The zero-order valence-electron chi connectivity index (χ0n) is 12.8. The molecule has 2 aromatic heterocycles. The predicted molar refractivity (Wildman–Crippen MR) is 87.3 cm³/mol. The summed E-state index contributed by atoms with van der Waals surface area (Å²) in [4.78, 5) is 7.42. The minimum absolute atomic E-state index is 0.307. The van der Waals surface area contributed by atoms with Gasteiger partial charge in [-0.15, -0.1) is 0 Å². The number of aromatic nitrogens is 2. The van der Waals surface area contributed by atoms with E-state index in [1.165, 1.54) is 19.3 Å². The molecule has 4 rings (SSSR count). The second kappa shape index (κ2) is 5.76. The van der Waals surface area contributed by atoms with Gasteiger partial charge in [-0.25, -0.2) is 8.78 Å². The lowest BCUT2D eigenvalue weighted by atomic mass is 9.82. The molecule has 0 amide bonds. The van der Waals surface area contributed by atoms with Gasteiger partial charge in [0.2, 0.25) is 0 Å². The molecule has 1 aromatic carbocycles. The molecular formula is C19H18F2N2. The SMILES string of the molecule is Fc1cccc(-c2[nH]c3cnccc3c2C2CCCCC2)c1F. The minimum Gasteiger partial charge on any atom is -0.353 e. The highest BCUT2D eigenvalue weighted by Crippen LogP contribution is 2.42. The summed E-state index contributed by atoms with van der Waals surface area (Å²) < 4.78 is 28.0. The van der Waals surface area contributed by atoms with Crippen molar-refractivity contribution in [1.82, 2.24) is 9.97 Å². The smallest absolute Gasteiger partial charge is 0.168 e. The molecule has 1 aliphatic carbocycles. The molecule has 4 heteroatoms. The summed E-state index contributed by atoms with van der Waals surface area (Å²) in [6.45, 7) is 0. The van der Waals surface area contributed by atoms with E-state index in [2.05, 4.69) is 9.97 Å². The molecule has 0 unspecified atom stereocenters. The van der Waals surface area contributed by atoms with E-state index >= 15 is 0 Å². The fraction of sp³-hybridized carbons (Fsp3) is 0.316. The van der Waals surface area contributed by atoms with Gasteiger partial charge >= 0.3 is 0 Å². The first kappa shape index (κ1) is 14.4. The minimum atomic E-state index is -0.811. The first-order valence-electron chi connectivity index (χ1n) is 8.15. The van der Waals surface area contributed by atoms with E-state index in [1.807, 2.05) is 6.07 Å². The van der Waals surface area contributed by atoms with Gasteiger partial charge in [-0.2, -0.15) is 0 Å². The zero-order chi connectivity index (χ0) is 15.8. The van der Waals surface area contributed by atoms with Crippen LogP contribution in [0.15, 0.2) is 36.7 Å². The van der Waals surface area contributed by atoms with Gasteiger partial charge < -0.3 is 4.98 Å². The average Bonchev–Trinajstić information content (AvgIpc) is 2.97. The third-order valence-corrected chi connectivity index (χ3v) is 4.87. The van der Waals surface area contributed by atoms with Crippen LogP contribution in [-0.2, 0) is 0 Å². The van der Waals surface area contributed by atoms with Crippen LogP contribution in [0.1, 0.15) is 43.6 Å². The number of pyridine rings is 1. The van der Waals surface area contributed by atoms with E-state index in [0.717, 1.165) is 35.4 Å². The molecule has 1 aliphatic rings. The van der Waals surface area contributed by atoms with E-state index in [1.54, 1.807) is 24.5 Å². The molecule has 0 saturated heterocycles. The van der Waals surface area contributed by atoms with E-state index < -0.39 is 11.6 Å². The number of nitrogens with zero attached hydrogens (tertiary/aromatic N) is 1. The van der Waals surface area contributed by atoms with Gasteiger partial charge in [0.05, 0.1) is 17.4 Å². The van der Waals surface area contributed by atoms with Crippen LogP contribution in [-0.4, -0.2) is 9.97 Å². The zero-order valence-corrected chi connectivity index (χ0v) is 12.8. The molecule has 2 heterocycles. The Morgan fingerprint density at radius 2 is 1.87 bits per heavy atom. The topological polar surface area (TPSA) is 28.7 Å². The fourth-order valence-electron chi connectivity index (χ4n) is 3.79. The lowest BCUT2D eigenvalue weighted by Gasteiger charge is -2.23. The second-order valence-electron chi connectivity index (χ2n) is 6.27. The number of aromatic amines is 1. The number of fused-ring (bicyclic) bond motifs is 1. The van der Waals surface area contributed by atoms with Gasteiger partial charge in [-0.3, -0.25) is 4.98 Å². The molecule has 0 spiro atoms. The monoisotopic (exact) mass is 312 g/mol. The molecule has 118 valence electrons. The molecule has 23 heavy (non-hydrogen) atoms. The molecule has 0 aliphatic heterocycles. The summed E-state index contributed by atoms with van der Waals surface area (Å²) in [6.07, 6.45) is 9.33. The van der Waals surface area contributed by atoms with Crippen molar-refractivity contribution in [3.8, 4) is 11.3 Å². The molecule has 1 saturated carbocycles. The third kappa shape index (κ3) is 2.42. The highest BCUT2D eigenvalue weighted by Gasteiger charge is 2.25. The molecule has 0 bridgehead atoms. The summed E-state index contributed by atoms with van der Waals surface area (Å²) in [7, 11) is 0. The molecule has 3 aromatic rings. The predicted octanol–water partition coefficient (Wildman–Crippen LogP) is 5.56. The number of H-pyrrole nitrogens is 1. The largest absolute Gasteiger partial charge is 0.353 e. The van der Waals surface area contributed by atoms with Crippen molar-refractivity contribution >= 4 is 10.9 Å². The van der Waals surface area contributed by atoms with Crippen LogP contribution in [0.2, 0.25) is 0 Å². The Labute approximate surface area is 133 Å². The Balaban J connectivity index is 1.96. The number of hydrogen-bond acceptors (Lipinski definition) is 1. The molecule has 0 radical (unpaired) electrons. The Morgan fingerprint density at radius 1 is 1.04 bits per heavy atom. The summed E-state index contributed by atoms with van der Waals surface area (Å²) in [5, 5.41) is 1.07. The van der Waals surface area contributed by atoms with Crippen LogP contribution in [0.5, 0.6) is 0 Å². The standard InChI is InChI=1S/C19H18F2N2/c20-15-8-4-7-14(18(15)21)19-17(12-5-2-1-3-6-12)13-9-10-22-11-16(13)23-19/h4,7-12,23H,1-3,5-6H2. The Kier molecular flexibility index (Phi) is 3.60. The average molecular weight is 312 g/mol. The van der Waals surface area contributed by atoms with E-state index in [4.69, 9.17) is 0 Å². The Bertz CT molecular complexity index is 848. The van der Waals surface area contributed by atoms with Crippen molar-refractivity contribution in [2.75, 3.05) is 0 Å². The van der Waals surface area contributed by atoms with Crippen molar-refractivity contribution in [2.24, 2.45) is 0 Å². The Hall–Kier alpha value is -2.23. The van der Waals surface area contributed by atoms with Crippen molar-refractivity contribution in [1.29, 1.82) is 0 Å². The number of benzene rings is 1. The summed E-state index contributed by atoms with van der Waals surface area (Å²) in [5.41, 5.74) is 3.01. The quantitative estimate of drug-likeness (QED) is 0.659. The van der Waals surface area contributed by atoms with E-state index in [9.17, 15) is 8.78 Å². The van der Waals surface area contributed by atoms with Crippen LogP contribution in [0, 0.1) is 11.6 Å². The number of nitrogens with one attached hydrogen (secondary N) is 1. The van der Waals surface area contributed by atoms with Crippen molar-refractivity contribution in [2.45, 2.75) is 38.0 Å². The summed E-state index contributed by atoms with van der Waals surface area (Å²) >= 11 is 0. The van der Waals surface area contributed by atoms with Gasteiger partial charge in [0.1, 0.15) is 0 Å². The Morgan fingerprint density at radius 3 is 2.70 bits per heavy atom. The van der Waals surface area contributed by atoms with Gasteiger partial charge in [-0.1, -0.05) is 25.3 Å². The molecule has 1 N–H and O–H groups in total. The molecule has 2 nitrogen and oxygen atoms in total. The van der Waals surface area contributed by atoms with Crippen molar-refractivity contribution in [3.05, 3.63) is 53.9 Å². The molecule has 1 fully saturated rings. The van der Waals surface area contributed by atoms with Gasteiger partial charge in [0.25, 0.3) is 0 Å². The van der Waals surface area contributed by atoms with Crippen molar-refractivity contribution < 1.29 is 8.78 Å². The van der Waals surface area contributed by atoms with Crippen LogP contribution in [0.3, 0.4) is 0 Å². The van der Waals surface area contributed by atoms with Crippen LogP contribution in [0.25, 0.3) is 22.2 Å². The summed E-state index contributed by atoms with van der Waals surface area (Å²) in [5.74, 6) is -1.21. The first-order valence-corrected chi connectivity index (χ1v) is 8.15. The second-order valence-corrected chi connectivity index (χ2v) is 6.27. The third-order valence-electron chi connectivity index (χ3n) is 4.87. The number of hydrogen-bond donors (Lipinski definition) is 1. The van der Waals surface area contributed by atoms with E-state index in [0.29, 0.717) is 17.2 Å². The molecule has 0 atom stereocenters. The highest BCUT2D eigenvalue weighted by atomic mass is 19.2. The highest BCUT2D eigenvalue weighted by molar-refractivity contribution is 5.91. The fourth-order valence-corrected chi connectivity index (χ4v) is 3.79. The van der Waals surface area contributed by atoms with Crippen LogP contribution < -0.4 is 0 Å². The first-order chi connectivity index (χ1) is 11.3. The summed E-state index contributed by atoms with van der Waals surface area (Å²) in [6, 6.07) is 6.32. The molecular weight excluding hydrogens is 294 g/mol.